The van der Waals surface area contributed by atoms with Crippen molar-refractivity contribution >= 4 is 5.96 Å². The summed E-state index contributed by atoms with van der Waals surface area (Å²) in [5.74, 6) is 1.71. The number of piperazine rings is 1. The van der Waals surface area contributed by atoms with E-state index >= 15 is 0 Å². The molecule has 0 amide bonds. The van der Waals surface area contributed by atoms with Crippen LogP contribution in [0.15, 0.2) is 11.2 Å². The van der Waals surface area contributed by atoms with Crippen LogP contribution in [0.5, 0.6) is 0 Å². The molecule has 23 heavy (non-hydrogen) atoms. The van der Waals surface area contributed by atoms with Gasteiger partial charge in [0.05, 0.1) is 12.8 Å². The maximum atomic E-state index is 5.48. The monoisotopic (exact) mass is 320 g/mol. The standard InChI is InChI=1S/C16H28N6O/c1-13-15(10-19-20-13)9-18-16(17-2)22-6-4-21(5-7-22)11-14-3-8-23-12-14/h10,14H,3-9,11-12H2,1-2H3,(H,17,18)(H,19,20). The fourth-order valence-corrected chi connectivity index (χ4v) is 3.30. The smallest absolute Gasteiger partial charge is 0.194 e. The summed E-state index contributed by atoms with van der Waals surface area (Å²) in [7, 11) is 1.85. The second kappa shape index (κ2) is 7.79. The SMILES string of the molecule is CN=C(NCc1cn[nH]c1C)N1CCN(CC2CCOC2)CC1. The molecular formula is C16H28N6O. The van der Waals surface area contributed by atoms with Gasteiger partial charge in [-0.15, -0.1) is 0 Å². The Balaban J connectivity index is 1.44. The summed E-state index contributed by atoms with van der Waals surface area (Å²) >= 11 is 0. The number of guanidine groups is 1. The summed E-state index contributed by atoms with van der Waals surface area (Å²) in [6, 6.07) is 0. The number of aromatic amines is 1. The molecule has 1 aromatic heterocycles. The average molecular weight is 320 g/mol. The fraction of sp³-hybridized carbons (Fsp3) is 0.750. The van der Waals surface area contributed by atoms with Gasteiger partial charge < -0.3 is 15.0 Å². The maximum absolute atomic E-state index is 5.48. The van der Waals surface area contributed by atoms with Gasteiger partial charge in [0.1, 0.15) is 0 Å². The van der Waals surface area contributed by atoms with E-state index in [9.17, 15) is 0 Å². The number of aromatic nitrogens is 2. The summed E-state index contributed by atoms with van der Waals surface area (Å²) in [5.41, 5.74) is 2.29. The lowest BCUT2D eigenvalue weighted by molar-refractivity contribution is 0.139. The van der Waals surface area contributed by atoms with Crippen molar-refractivity contribution in [3.8, 4) is 0 Å². The number of aliphatic imine (C=N–C) groups is 1. The molecule has 3 heterocycles. The van der Waals surface area contributed by atoms with Crippen molar-refractivity contribution < 1.29 is 4.74 Å². The third kappa shape index (κ3) is 4.23. The fourth-order valence-electron chi connectivity index (χ4n) is 3.30. The number of nitrogens with one attached hydrogen (secondary N) is 2. The zero-order valence-electron chi connectivity index (χ0n) is 14.2. The minimum atomic E-state index is 0.725. The highest BCUT2D eigenvalue weighted by Gasteiger charge is 2.24. The number of hydrogen-bond acceptors (Lipinski definition) is 4. The molecule has 0 aliphatic carbocycles. The first kappa shape index (κ1) is 16.3. The van der Waals surface area contributed by atoms with E-state index < -0.39 is 0 Å². The van der Waals surface area contributed by atoms with Crippen LogP contribution < -0.4 is 5.32 Å². The van der Waals surface area contributed by atoms with Crippen LogP contribution in [0.1, 0.15) is 17.7 Å². The Kier molecular flexibility index (Phi) is 5.51. The van der Waals surface area contributed by atoms with Crippen LogP contribution in [0, 0.1) is 12.8 Å². The molecule has 0 bridgehead atoms. The average Bonchev–Trinajstić information content (AvgIpc) is 3.21. The Bertz CT molecular complexity index is 514. The van der Waals surface area contributed by atoms with Gasteiger partial charge in [-0.25, -0.2) is 0 Å². The normalized spacial score (nSPS) is 23.5. The molecule has 7 heteroatoms. The topological polar surface area (TPSA) is 68.8 Å². The number of nitrogens with zero attached hydrogens (tertiary/aromatic N) is 4. The highest BCUT2D eigenvalue weighted by molar-refractivity contribution is 5.80. The number of ether oxygens (including phenoxy) is 1. The molecule has 1 aromatic rings. The van der Waals surface area contributed by atoms with Gasteiger partial charge >= 0.3 is 0 Å². The van der Waals surface area contributed by atoms with E-state index in [0.717, 1.165) is 63.5 Å². The van der Waals surface area contributed by atoms with Crippen LogP contribution in [0.25, 0.3) is 0 Å². The maximum Gasteiger partial charge on any atom is 0.194 e. The van der Waals surface area contributed by atoms with E-state index in [1.165, 1.54) is 18.5 Å². The molecule has 7 nitrogen and oxygen atoms in total. The quantitative estimate of drug-likeness (QED) is 0.623. The van der Waals surface area contributed by atoms with Crippen LogP contribution in [0.3, 0.4) is 0 Å². The van der Waals surface area contributed by atoms with Crippen LogP contribution in [-0.4, -0.2) is 78.9 Å². The number of aryl methyl sites for hydroxylation is 1. The van der Waals surface area contributed by atoms with E-state index in [0.29, 0.717) is 0 Å². The number of rotatable bonds is 4. The summed E-state index contributed by atoms with van der Waals surface area (Å²) in [6.07, 6.45) is 3.09. The summed E-state index contributed by atoms with van der Waals surface area (Å²) in [5, 5.41) is 10.5. The third-order valence-corrected chi connectivity index (χ3v) is 4.80. The largest absolute Gasteiger partial charge is 0.381 e. The summed E-state index contributed by atoms with van der Waals surface area (Å²) in [4.78, 5) is 9.33. The van der Waals surface area contributed by atoms with Crippen LogP contribution >= 0.6 is 0 Å². The molecule has 2 N–H and O–H groups in total. The van der Waals surface area contributed by atoms with Gasteiger partial charge in [-0.3, -0.25) is 15.0 Å². The lowest BCUT2D eigenvalue weighted by Crippen LogP contribution is -2.53. The predicted molar refractivity (Wildman–Crippen MR) is 90.5 cm³/mol. The highest BCUT2D eigenvalue weighted by Crippen LogP contribution is 2.15. The van der Waals surface area contributed by atoms with E-state index in [1.807, 2.05) is 20.2 Å². The van der Waals surface area contributed by atoms with Crippen molar-refractivity contribution in [1.29, 1.82) is 0 Å². The number of hydrogen-bond donors (Lipinski definition) is 2. The van der Waals surface area contributed by atoms with E-state index in [1.54, 1.807) is 0 Å². The minimum absolute atomic E-state index is 0.725. The minimum Gasteiger partial charge on any atom is -0.381 e. The lowest BCUT2D eigenvalue weighted by Gasteiger charge is -2.37. The van der Waals surface area contributed by atoms with E-state index in [4.69, 9.17) is 4.74 Å². The van der Waals surface area contributed by atoms with Gasteiger partial charge in [-0.2, -0.15) is 5.10 Å². The first-order chi connectivity index (χ1) is 11.3. The van der Waals surface area contributed by atoms with Gasteiger partial charge in [0.2, 0.25) is 0 Å². The van der Waals surface area contributed by atoms with Gasteiger partial charge in [-0.1, -0.05) is 0 Å². The van der Waals surface area contributed by atoms with Crippen molar-refractivity contribution in [2.75, 3.05) is 53.0 Å². The molecule has 0 spiro atoms. The third-order valence-electron chi connectivity index (χ3n) is 4.80. The molecular weight excluding hydrogens is 292 g/mol. The molecule has 0 saturated carbocycles. The van der Waals surface area contributed by atoms with E-state index in [-0.39, 0.29) is 0 Å². The molecule has 2 saturated heterocycles. The van der Waals surface area contributed by atoms with Gasteiger partial charge in [0, 0.05) is 64.2 Å². The number of H-pyrrole nitrogens is 1. The second-order valence-corrected chi connectivity index (χ2v) is 6.44. The Morgan fingerprint density at radius 3 is 2.87 bits per heavy atom. The molecule has 0 aromatic carbocycles. The molecule has 2 aliphatic rings. The van der Waals surface area contributed by atoms with Gasteiger partial charge in [0.25, 0.3) is 0 Å². The molecule has 128 valence electrons. The first-order valence-corrected chi connectivity index (χ1v) is 8.51. The lowest BCUT2D eigenvalue weighted by atomic mass is 10.1. The van der Waals surface area contributed by atoms with Crippen LogP contribution in [0.4, 0.5) is 0 Å². The Hall–Kier alpha value is -1.60. The van der Waals surface area contributed by atoms with Gasteiger partial charge in [-0.05, 0) is 19.3 Å². The molecule has 1 unspecified atom stereocenters. The van der Waals surface area contributed by atoms with Crippen molar-refractivity contribution in [2.45, 2.75) is 19.9 Å². The molecule has 2 fully saturated rings. The zero-order chi connectivity index (χ0) is 16.1. The second-order valence-electron chi connectivity index (χ2n) is 6.44. The van der Waals surface area contributed by atoms with Crippen molar-refractivity contribution in [3.63, 3.8) is 0 Å². The van der Waals surface area contributed by atoms with Crippen LogP contribution in [-0.2, 0) is 11.3 Å². The highest BCUT2D eigenvalue weighted by atomic mass is 16.5. The molecule has 0 radical (unpaired) electrons. The molecule has 1 atom stereocenters. The Labute approximate surface area is 138 Å². The predicted octanol–water partition coefficient (Wildman–Crippen LogP) is 0.448. The van der Waals surface area contributed by atoms with E-state index in [2.05, 4.69) is 30.3 Å². The Morgan fingerprint density at radius 2 is 2.26 bits per heavy atom. The molecule has 2 aliphatic heterocycles. The summed E-state index contributed by atoms with van der Waals surface area (Å²) in [6.45, 7) is 10.1. The van der Waals surface area contributed by atoms with Crippen LogP contribution in [0.2, 0.25) is 0 Å². The first-order valence-electron chi connectivity index (χ1n) is 8.51. The van der Waals surface area contributed by atoms with Gasteiger partial charge in [0.15, 0.2) is 5.96 Å². The van der Waals surface area contributed by atoms with Crippen molar-refractivity contribution in [2.24, 2.45) is 10.9 Å². The summed E-state index contributed by atoms with van der Waals surface area (Å²) < 4.78 is 5.48. The zero-order valence-corrected chi connectivity index (χ0v) is 14.2. The van der Waals surface area contributed by atoms with Crippen molar-refractivity contribution in [1.82, 2.24) is 25.3 Å². The molecule has 3 rings (SSSR count). The van der Waals surface area contributed by atoms with Crippen molar-refractivity contribution in [3.05, 3.63) is 17.5 Å². The Morgan fingerprint density at radius 1 is 1.43 bits per heavy atom.